The van der Waals surface area contributed by atoms with Gasteiger partial charge in [0, 0.05) is 32.5 Å². The SMILES string of the molecule is COC(C)CN(C)C(=O)c1cc(C)nc2ccnn12. The molecule has 6 nitrogen and oxygen atoms in total. The summed E-state index contributed by atoms with van der Waals surface area (Å²) in [5, 5.41) is 4.14. The monoisotopic (exact) mass is 262 g/mol. The molecule has 0 saturated heterocycles. The van der Waals surface area contributed by atoms with E-state index in [0.29, 0.717) is 17.9 Å². The van der Waals surface area contributed by atoms with Crippen LogP contribution in [0, 0.1) is 6.92 Å². The zero-order chi connectivity index (χ0) is 14.0. The fourth-order valence-electron chi connectivity index (χ4n) is 1.93. The number of amides is 1. The molecule has 1 atom stereocenters. The minimum Gasteiger partial charge on any atom is -0.380 e. The number of hydrogen-bond donors (Lipinski definition) is 0. The van der Waals surface area contributed by atoms with Crippen molar-refractivity contribution in [3.05, 3.63) is 29.7 Å². The van der Waals surface area contributed by atoms with E-state index in [0.717, 1.165) is 5.69 Å². The van der Waals surface area contributed by atoms with E-state index in [1.54, 1.807) is 41.9 Å². The highest BCUT2D eigenvalue weighted by molar-refractivity contribution is 5.93. The Morgan fingerprint density at radius 3 is 3.00 bits per heavy atom. The van der Waals surface area contributed by atoms with Gasteiger partial charge in [0.25, 0.3) is 5.91 Å². The zero-order valence-electron chi connectivity index (χ0n) is 11.6. The Morgan fingerprint density at radius 1 is 1.58 bits per heavy atom. The molecule has 0 spiro atoms. The smallest absolute Gasteiger partial charge is 0.272 e. The van der Waals surface area contributed by atoms with Gasteiger partial charge in [-0.25, -0.2) is 9.50 Å². The maximum atomic E-state index is 12.4. The summed E-state index contributed by atoms with van der Waals surface area (Å²) in [4.78, 5) is 18.4. The average Bonchev–Trinajstić information content (AvgIpc) is 2.84. The van der Waals surface area contributed by atoms with Gasteiger partial charge in [-0.1, -0.05) is 0 Å². The third-order valence-corrected chi connectivity index (χ3v) is 2.99. The van der Waals surface area contributed by atoms with Crippen LogP contribution in [0.1, 0.15) is 23.1 Å². The summed E-state index contributed by atoms with van der Waals surface area (Å²) in [7, 11) is 3.38. The van der Waals surface area contributed by atoms with Crippen molar-refractivity contribution in [3.63, 3.8) is 0 Å². The first-order valence-corrected chi connectivity index (χ1v) is 6.12. The summed E-state index contributed by atoms with van der Waals surface area (Å²) >= 11 is 0. The summed E-state index contributed by atoms with van der Waals surface area (Å²) < 4.78 is 6.73. The standard InChI is InChI=1S/C13H18N4O2/c1-9-7-11(17-12(15-9)5-6-14-17)13(18)16(3)8-10(2)19-4/h5-7,10H,8H2,1-4H3. The van der Waals surface area contributed by atoms with Gasteiger partial charge >= 0.3 is 0 Å². The molecule has 2 aromatic rings. The van der Waals surface area contributed by atoms with Crippen LogP contribution >= 0.6 is 0 Å². The van der Waals surface area contributed by atoms with E-state index in [2.05, 4.69) is 10.1 Å². The number of methoxy groups -OCH3 is 1. The third kappa shape index (κ3) is 2.73. The summed E-state index contributed by atoms with van der Waals surface area (Å²) in [5.74, 6) is -0.0944. The van der Waals surface area contributed by atoms with Gasteiger partial charge < -0.3 is 9.64 Å². The lowest BCUT2D eigenvalue weighted by Crippen LogP contribution is -2.35. The van der Waals surface area contributed by atoms with E-state index in [1.807, 2.05) is 13.8 Å². The fraction of sp³-hybridized carbons (Fsp3) is 0.462. The molecule has 0 N–H and O–H groups in total. The molecule has 1 amide bonds. The van der Waals surface area contributed by atoms with Gasteiger partial charge in [0.1, 0.15) is 5.69 Å². The van der Waals surface area contributed by atoms with Crippen molar-refractivity contribution >= 4 is 11.6 Å². The number of likely N-dealkylation sites (N-methyl/N-ethyl adjacent to an activating group) is 1. The molecule has 0 aliphatic heterocycles. The van der Waals surface area contributed by atoms with Crippen molar-refractivity contribution in [2.75, 3.05) is 20.7 Å². The van der Waals surface area contributed by atoms with E-state index in [4.69, 9.17) is 4.74 Å². The molecule has 0 radical (unpaired) electrons. The lowest BCUT2D eigenvalue weighted by molar-refractivity contribution is 0.0593. The van der Waals surface area contributed by atoms with Crippen LogP contribution in [0.25, 0.3) is 5.65 Å². The van der Waals surface area contributed by atoms with E-state index >= 15 is 0 Å². The number of aromatic nitrogens is 3. The van der Waals surface area contributed by atoms with Crippen LogP contribution in [0.5, 0.6) is 0 Å². The molecule has 0 fully saturated rings. The van der Waals surface area contributed by atoms with Crippen molar-refractivity contribution in [1.29, 1.82) is 0 Å². The minimum atomic E-state index is -0.0944. The number of aryl methyl sites for hydroxylation is 1. The zero-order valence-corrected chi connectivity index (χ0v) is 11.6. The second-order valence-corrected chi connectivity index (χ2v) is 4.62. The van der Waals surface area contributed by atoms with Crippen LogP contribution < -0.4 is 0 Å². The largest absolute Gasteiger partial charge is 0.380 e. The summed E-state index contributed by atoms with van der Waals surface area (Å²) in [6, 6.07) is 3.53. The Labute approximate surface area is 112 Å². The predicted molar refractivity (Wildman–Crippen MR) is 71.2 cm³/mol. The van der Waals surface area contributed by atoms with Gasteiger partial charge in [0.05, 0.1) is 12.3 Å². The second kappa shape index (κ2) is 5.36. The van der Waals surface area contributed by atoms with Crippen LogP contribution in [0.4, 0.5) is 0 Å². The van der Waals surface area contributed by atoms with Gasteiger partial charge in [-0.3, -0.25) is 4.79 Å². The number of carbonyl (C=O) groups excluding carboxylic acids is 1. The molecule has 6 heteroatoms. The van der Waals surface area contributed by atoms with Crippen LogP contribution in [0.3, 0.4) is 0 Å². The van der Waals surface area contributed by atoms with E-state index in [9.17, 15) is 4.79 Å². The van der Waals surface area contributed by atoms with Crippen molar-refractivity contribution in [1.82, 2.24) is 19.5 Å². The van der Waals surface area contributed by atoms with Gasteiger partial charge in [0.2, 0.25) is 0 Å². The van der Waals surface area contributed by atoms with E-state index in [1.165, 1.54) is 0 Å². The number of ether oxygens (including phenoxy) is 1. The molecule has 0 aliphatic carbocycles. The molecule has 0 saturated carbocycles. The van der Waals surface area contributed by atoms with Gasteiger partial charge in [-0.2, -0.15) is 5.10 Å². The average molecular weight is 262 g/mol. The topological polar surface area (TPSA) is 59.7 Å². The van der Waals surface area contributed by atoms with Gasteiger partial charge in [-0.05, 0) is 19.9 Å². The molecule has 19 heavy (non-hydrogen) atoms. The van der Waals surface area contributed by atoms with Crippen LogP contribution in [-0.4, -0.2) is 52.2 Å². The Balaban J connectivity index is 2.33. The lowest BCUT2D eigenvalue weighted by atomic mass is 10.3. The minimum absolute atomic E-state index is 0.00926. The summed E-state index contributed by atoms with van der Waals surface area (Å²) in [6.45, 7) is 4.31. The van der Waals surface area contributed by atoms with Gasteiger partial charge in [0.15, 0.2) is 5.65 Å². The molecule has 1 unspecified atom stereocenters. The van der Waals surface area contributed by atoms with Crippen molar-refractivity contribution in [3.8, 4) is 0 Å². The molecule has 2 aromatic heterocycles. The van der Waals surface area contributed by atoms with E-state index < -0.39 is 0 Å². The Morgan fingerprint density at radius 2 is 2.32 bits per heavy atom. The van der Waals surface area contributed by atoms with Crippen molar-refractivity contribution in [2.24, 2.45) is 0 Å². The molecule has 2 heterocycles. The molecular formula is C13H18N4O2. The highest BCUT2D eigenvalue weighted by Gasteiger charge is 2.18. The first-order valence-electron chi connectivity index (χ1n) is 6.12. The fourth-order valence-corrected chi connectivity index (χ4v) is 1.93. The quantitative estimate of drug-likeness (QED) is 0.829. The first-order chi connectivity index (χ1) is 9.02. The van der Waals surface area contributed by atoms with Gasteiger partial charge in [-0.15, -0.1) is 0 Å². The van der Waals surface area contributed by atoms with Crippen LogP contribution in [0.2, 0.25) is 0 Å². The number of hydrogen-bond acceptors (Lipinski definition) is 4. The number of rotatable bonds is 4. The number of carbonyl (C=O) groups is 1. The third-order valence-electron chi connectivity index (χ3n) is 2.99. The highest BCUT2D eigenvalue weighted by Crippen LogP contribution is 2.09. The molecule has 0 aliphatic rings. The Kier molecular flexibility index (Phi) is 3.80. The maximum Gasteiger partial charge on any atom is 0.272 e. The number of nitrogens with zero attached hydrogens (tertiary/aromatic N) is 4. The molecule has 0 aromatic carbocycles. The number of fused-ring (bicyclic) bond motifs is 1. The molecule has 102 valence electrons. The van der Waals surface area contributed by atoms with Crippen molar-refractivity contribution < 1.29 is 9.53 Å². The normalized spacial score (nSPS) is 12.6. The van der Waals surface area contributed by atoms with Crippen molar-refractivity contribution in [2.45, 2.75) is 20.0 Å². The first kappa shape index (κ1) is 13.5. The predicted octanol–water partition coefficient (Wildman–Crippen LogP) is 1.14. The van der Waals surface area contributed by atoms with E-state index in [-0.39, 0.29) is 12.0 Å². The second-order valence-electron chi connectivity index (χ2n) is 4.62. The Hall–Kier alpha value is -1.95. The summed E-state index contributed by atoms with van der Waals surface area (Å²) in [6.07, 6.45) is 1.63. The van der Waals surface area contributed by atoms with Crippen LogP contribution in [0.15, 0.2) is 18.3 Å². The lowest BCUT2D eigenvalue weighted by Gasteiger charge is -2.21. The highest BCUT2D eigenvalue weighted by atomic mass is 16.5. The summed E-state index contributed by atoms with van der Waals surface area (Å²) in [5.41, 5.74) is 1.99. The molecule has 2 rings (SSSR count). The van der Waals surface area contributed by atoms with Crippen LogP contribution in [-0.2, 0) is 4.74 Å². The molecule has 0 bridgehead atoms. The molecular weight excluding hydrogens is 244 g/mol. The maximum absolute atomic E-state index is 12.4. The Bertz CT molecular complexity index is 593.